The van der Waals surface area contributed by atoms with Crippen molar-refractivity contribution in [1.82, 2.24) is 9.97 Å². The van der Waals surface area contributed by atoms with E-state index in [1.54, 1.807) is 0 Å². The smallest absolute Gasteiger partial charge is 0.410 e. The molecule has 2 atom stereocenters. The molecule has 2 aliphatic carbocycles. The summed E-state index contributed by atoms with van der Waals surface area (Å²) in [6, 6.07) is 2.28. The van der Waals surface area contributed by atoms with E-state index in [2.05, 4.69) is 72.6 Å². The summed E-state index contributed by atoms with van der Waals surface area (Å²) in [4.78, 5) is 8.89. The van der Waals surface area contributed by atoms with E-state index in [0.29, 0.717) is 11.1 Å². The maximum atomic E-state index is 13.2. The normalized spacial score (nSPS) is 20.4. The molecule has 4 nitrogen and oxygen atoms in total. The molecule has 0 bridgehead atoms. The van der Waals surface area contributed by atoms with Gasteiger partial charge in [0, 0.05) is 34.3 Å². The number of alkyl halides is 3. The van der Waals surface area contributed by atoms with E-state index >= 15 is 0 Å². The van der Waals surface area contributed by atoms with Crippen LogP contribution < -0.4 is 0 Å². The zero-order valence-electron chi connectivity index (χ0n) is 25.5. The Morgan fingerprint density at radius 1 is 1.12 bits per heavy atom. The fraction of sp³-hybridized carbons (Fsp3) is 0.625. The molecule has 0 radical (unpaired) electrons. The second kappa shape index (κ2) is 10.7. The van der Waals surface area contributed by atoms with E-state index < -0.39 is 26.3 Å². The molecule has 40 heavy (non-hydrogen) atoms. The highest BCUT2D eigenvalue weighted by Gasteiger charge is 2.45. The van der Waals surface area contributed by atoms with Crippen molar-refractivity contribution < 1.29 is 22.7 Å². The molecule has 2 aromatic rings. The summed E-state index contributed by atoms with van der Waals surface area (Å²) >= 11 is 0. The van der Waals surface area contributed by atoms with Gasteiger partial charge in [-0.05, 0) is 78.8 Å². The van der Waals surface area contributed by atoms with E-state index in [4.69, 9.17) is 9.41 Å². The van der Waals surface area contributed by atoms with Gasteiger partial charge in [0.25, 0.3) is 0 Å². The Morgan fingerprint density at radius 3 is 2.30 bits per heavy atom. The van der Waals surface area contributed by atoms with Crippen molar-refractivity contribution in [3.8, 4) is 0 Å². The molecule has 8 heteroatoms. The summed E-state index contributed by atoms with van der Waals surface area (Å²) in [5.41, 5.74) is 5.08. The van der Waals surface area contributed by atoms with Gasteiger partial charge in [-0.3, -0.25) is 9.97 Å². The van der Waals surface area contributed by atoms with Crippen molar-refractivity contribution in [1.29, 1.82) is 0 Å². The maximum absolute atomic E-state index is 13.2. The predicted molar refractivity (Wildman–Crippen MR) is 157 cm³/mol. The molecule has 0 saturated carbocycles. The van der Waals surface area contributed by atoms with Crippen LogP contribution in [-0.2, 0) is 17.0 Å². The van der Waals surface area contributed by atoms with Crippen LogP contribution in [0.1, 0.15) is 132 Å². The molecule has 0 spiro atoms. The molecule has 1 N–H and O–H groups in total. The molecule has 0 aromatic carbocycles. The number of allylic oxidation sites excluding steroid dienone is 2. The summed E-state index contributed by atoms with van der Waals surface area (Å²) in [5.74, 6) is 0.00269. The van der Waals surface area contributed by atoms with Gasteiger partial charge in [-0.15, -0.1) is 0 Å². The monoisotopic (exact) mass is 574 g/mol. The first-order valence-corrected chi connectivity index (χ1v) is 17.4. The second-order valence-corrected chi connectivity index (χ2v) is 19.0. The number of hydrogen-bond donors (Lipinski definition) is 1. The van der Waals surface area contributed by atoms with Crippen molar-refractivity contribution in [2.24, 2.45) is 5.41 Å². The third-order valence-electron chi connectivity index (χ3n) is 8.90. The molecule has 2 aliphatic rings. The first-order chi connectivity index (χ1) is 18.3. The van der Waals surface area contributed by atoms with Crippen LogP contribution in [0.2, 0.25) is 18.1 Å². The lowest BCUT2D eigenvalue weighted by Crippen LogP contribution is -2.44. The zero-order valence-corrected chi connectivity index (χ0v) is 26.5. The van der Waals surface area contributed by atoms with Crippen molar-refractivity contribution >= 4 is 13.9 Å². The van der Waals surface area contributed by atoms with Crippen molar-refractivity contribution in [2.45, 2.75) is 123 Å². The third kappa shape index (κ3) is 6.09. The lowest BCUT2D eigenvalue weighted by Gasteiger charge is -2.45. The number of fused-ring (bicyclic) bond motifs is 1. The molecule has 4 rings (SSSR count). The summed E-state index contributed by atoms with van der Waals surface area (Å²) in [7, 11) is -2.18. The highest BCUT2D eigenvalue weighted by molar-refractivity contribution is 6.74. The van der Waals surface area contributed by atoms with Crippen LogP contribution in [-0.4, -0.2) is 23.4 Å². The second-order valence-electron chi connectivity index (χ2n) is 14.2. The van der Waals surface area contributed by atoms with Crippen molar-refractivity contribution in [2.75, 3.05) is 0 Å². The van der Waals surface area contributed by atoms with Crippen LogP contribution in [0.25, 0.3) is 5.57 Å². The molecular weight excluding hydrogens is 529 g/mol. The molecule has 2 heterocycles. The molecule has 2 aromatic heterocycles. The van der Waals surface area contributed by atoms with Gasteiger partial charge in [-0.2, -0.15) is 13.2 Å². The summed E-state index contributed by atoms with van der Waals surface area (Å²) in [6.45, 7) is 19.9. The fourth-order valence-corrected chi connectivity index (χ4v) is 7.06. The number of rotatable bonds is 6. The Kier molecular flexibility index (Phi) is 8.24. The van der Waals surface area contributed by atoms with Crippen LogP contribution in [0.15, 0.2) is 24.4 Å². The van der Waals surface area contributed by atoms with Crippen LogP contribution in [0.4, 0.5) is 13.2 Å². The number of hydrogen-bond acceptors (Lipinski definition) is 4. The molecule has 0 unspecified atom stereocenters. The van der Waals surface area contributed by atoms with Gasteiger partial charge < -0.3 is 9.53 Å². The number of nitrogens with zero attached hydrogens (tertiary/aromatic N) is 2. The Bertz CT molecular complexity index is 1280. The van der Waals surface area contributed by atoms with Crippen molar-refractivity contribution in [3.05, 3.63) is 63.7 Å². The standard InChI is InChI=1S/C32H45F3N2O2Si/c1-19(2)28-27(29(38)21-14-15-24(36-18-21)32(33,34)35)25(20-12-10-11-13-20)26-22(37-28)16-31(6,7)17-23(26)39-40(8,9)30(3,4)5/h12,14-15,18-19,23,29,38H,10-11,13,16-17H2,1-9H3/t23-,29+/m0/s1. The molecule has 0 saturated heterocycles. The minimum atomic E-state index is -4.54. The minimum absolute atomic E-state index is 0.00269. The summed E-state index contributed by atoms with van der Waals surface area (Å²) < 4.78 is 46.9. The molecule has 0 fully saturated rings. The van der Waals surface area contributed by atoms with Gasteiger partial charge in [0.05, 0.1) is 6.10 Å². The first kappa shape index (κ1) is 30.9. The van der Waals surface area contributed by atoms with Gasteiger partial charge >= 0.3 is 6.18 Å². The molecular formula is C32H45F3N2O2Si. The van der Waals surface area contributed by atoms with Crippen LogP contribution >= 0.6 is 0 Å². The number of pyridine rings is 2. The zero-order chi connectivity index (χ0) is 29.8. The number of aliphatic hydroxyl groups excluding tert-OH is 1. The fourth-order valence-electron chi connectivity index (χ4n) is 5.79. The Hall–Kier alpha value is -2.03. The van der Waals surface area contributed by atoms with E-state index in [1.807, 2.05) is 0 Å². The number of aromatic nitrogens is 2. The quantitative estimate of drug-likeness (QED) is 0.349. The van der Waals surface area contributed by atoms with Crippen molar-refractivity contribution in [3.63, 3.8) is 0 Å². The third-order valence-corrected chi connectivity index (χ3v) is 13.4. The average Bonchev–Trinajstić information content (AvgIpc) is 3.35. The number of halogens is 3. The average molecular weight is 575 g/mol. The summed E-state index contributed by atoms with van der Waals surface area (Å²) in [5, 5.41) is 11.9. The lowest BCUT2D eigenvalue weighted by molar-refractivity contribution is -0.141. The summed E-state index contributed by atoms with van der Waals surface area (Å²) in [6.07, 6.45) is 2.04. The van der Waals surface area contributed by atoms with Gasteiger partial charge in [0.1, 0.15) is 11.8 Å². The Balaban J connectivity index is 1.99. The van der Waals surface area contributed by atoms with Gasteiger partial charge in [-0.1, -0.05) is 60.6 Å². The maximum Gasteiger partial charge on any atom is 0.433 e. The molecule has 0 aliphatic heterocycles. The van der Waals surface area contributed by atoms with Crippen LogP contribution in [0.5, 0.6) is 0 Å². The van der Waals surface area contributed by atoms with Crippen LogP contribution in [0.3, 0.4) is 0 Å². The lowest BCUT2D eigenvalue weighted by atomic mass is 9.71. The van der Waals surface area contributed by atoms with E-state index in [-0.39, 0.29) is 22.5 Å². The van der Waals surface area contributed by atoms with E-state index in [1.165, 1.54) is 11.6 Å². The Labute approximate surface area is 238 Å². The SMILES string of the molecule is CC(C)c1nc2c(c(C3=CCCC3)c1[C@H](O)c1ccc(C(F)(F)F)nc1)[C@@H](O[Si](C)(C)C(C)(C)C)CC(C)(C)C2. The highest BCUT2D eigenvalue weighted by atomic mass is 28.4. The molecule has 0 amide bonds. The largest absolute Gasteiger partial charge is 0.433 e. The van der Waals surface area contributed by atoms with E-state index in [0.717, 1.165) is 66.9 Å². The Morgan fingerprint density at radius 2 is 1.80 bits per heavy atom. The first-order valence-electron chi connectivity index (χ1n) is 14.5. The van der Waals surface area contributed by atoms with E-state index in [9.17, 15) is 18.3 Å². The van der Waals surface area contributed by atoms with Crippen LogP contribution in [0, 0.1) is 5.41 Å². The highest BCUT2D eigenvalue weighted by Crippen LogP contribution is 2.52. The van der Waals surface area contributed by atoms with Gasteiger partial charge in [-0.25, -0.2) is 0 Å². The predicted octanol–water partition coefficient (Wildman–Crippen LogP) is 9.30. The molecule has 220 valence electrons. The van der Waals surface area contributed by atoms with Gasteiger partial charge in [0.15, 0.2) is 8.32 Å². The number of aliphatic hydroxyl groups is 1. The van der Waals surface area contributed by atoms with Gasteiger partial charge in [0.2, 0.25) is 0 Å². The minimum Gasteiger partial charge on any atom is -0.410 e. The topological polar surface area (TPSA) is 55.2 Å².